The maximum absolute atomic E-state index is 13.3. The van der Waals surface area contributed by atoms with Crippen LogP contribution in [0.5, 0.6) is 0 Å². The number of para-hydroxylation sites is 1. The lowest BCUT2D eigenvalue weighted by atomic mass is 10.1. The fourth-order valence-electron chi connectivity index (χ4n) is 3.91. The summed E-state index contributed by atoms with van der Waals surface area (Å²) in [6.45, 7) is 0.441. The van der Waals surface area contributed by atoms with E-state index in [2.05, 4.69) is 0 Å². The fraction of sp³-hybridized carbons (Fsp3) is 0.160. The Labute approximate surface area is 200 Å². The van der Waals surface area contributed by atoms with E-state index in [1.807, 2.05) is 0 Å². The summed E-state index contributed by atoms with van der Waals surface area (Å²) in [5.74, 6) is -1.17. The van der Waals surface area contributed by atoms with Gasteiger partial charge in [-0.2, -0.15) is 0 Å². The third-order valence-electron chi connectivity index (χ3n) is 5.61. The molecule has 1 heterocycles. The van der Waals surface area contributed by atoms with Crippen molar-refractivity contribution in [1.82, 2.24) is 4.90 Å². The van der Waals surface area contributed by atoms with Crippen LogP contribution in [-0.2, 0) is 0 Å². The van der Waals surface area contributed by atoms with Crippen LogP contribution >= 0.6 is 11.6 Å². The topological polar surface area (TPSA) is 101 Å². The molecule has 0 unspecified atom stereocenters. The summed E-state index contributed by atoms with van der Waals surface area (Å²) in [6, 6.07) is 19.1. The Morgan fingerprint density at radius 3 is 2.09 bits per heavy atom. The standard InChI is InChI=1S/C25H20ClN3O5/c26-17-11-13-18(14-12-17)27(25(32)21-9-3-4-10-22(21)29(33)34)15-5-6-16-28-23(30)19-7-1-2-8-20(19)24(28)31/h1-4,7-14H,5-6,15-16H2. The molecule has 1 aliphatic heterocycles. The SMILES string of the molecule is O=C1c2ccccc2C(=O)N1CCCCN(C(=O)c1ccccc1[N+](=O)[O-])c1ccc(Cl)cc1. The van der Waals surface area contributed by atoms with Gasteiger partial charge in [-0.15, -0.1) is 0 Å². The normalized spacial score (nSPS) is 12.6. The summed E-state index contributed by atoms with van der Waals surface area (Å²) < 4.78 is 0. The summed E-state index contributed by atoms with van der Waals surface area (Å²) in [5, 5.41) is 11.9. The van der Waals surface area contributed by atoms with E-state index in [0.717, 1.165) is 0 Å². The van der Waals surface area contributed by atoms with Crippen LogP contribution < -0.4 is 4.90 Å². The number of nitro benzene ring substituents is 1. The van der Waals surface area contributed by atoms with Crippen LogP contribution in [0.4, 0.5) is 11.4 Å². The van der Waals surface area contributed by atoms with Crippen molar-refractivity contribution in [1.29, 1.82) is 0 Å². The number of benzene rings is 3. The highest BCUT2D eigenvalue weighted by Crippen LogP contribution is 2.26. The van der Waals surface area contributed by atoms with Gasteiger partial charge in [0.2, 0.25) is 0 Å². The average molecular weight is 478 g/mol. The lowest BCUT2D eigenvalue weighted by molar-refractivity contribution is -0.385. The first-order chi connectivity index (χ1) is 16.4. The number of imide groups is 1. The number of carbonyl (C=O) groups excluding carboxylic acids is 3. The van der Waals surface area contributed by atoms with Gasteiger partial charge in [0.1, 0.15) is 5.56 Å². The first kappa shape index (κ1) is 23.1. The number of carbonyl (C=O) groups is 3. The van der Waals surface area contributed by atoms with Crippen LogP contribution in [0, 0.1) is 10.1 Å². The molecule has 3 amide bonds. The number of amides is 3. The minimum Gasteiger partial charge on any atom is -0.308 e. The maximum atomic E-state index is 13.3. The minimum absolute atomic E-state index is 0.0252. The van der Waals surface area contributed by atoms with Gasteiger partial charge in [-0.1, -0.05) is 35.9 Å². The van der Waals surface area contributed by atoms with Gasteiger partial charge < -0.3 is 4.90 Å². The zero-order valence-electron chi connectivity index (χ0n) is 18.0. The lowest BCUT2D eigenvalue weighted by Crippen LogP contribution is -2.34. The van der Waals surface area contributed by atoms with E-state index in [1.165, 1.54) is 28.0 Å². The maximum Gasteiger partial charge on any atom is 0.282 e. The van der Waals surface area contributed by atoms with Gasteiger partial charge in [-0.25, -0.2) is 0 Å². The molecule has 0 radical (unpaired) electrons. The van der Waals surface area contributed by atoms with E-state index in [9.17, 15) is 24.5 Å². The molecular weight excluding hydrogens is 458 g/mol. The molecule has 3 aromatic carbocycles. The van der Waals surface area contributed by atoms with Gasteiger partial charge in [-0.05, 0) is 55.3 Å². The zero-order chi connectivity index (χ0) is 24.2. The lowest BCUT2D eigenvalue weighted by Gasteiger charge is -2.23. The Morgan fingerprint density at radius 2 is 1.47 bits per heavy atom. The van der Waals surface area contributed by atoms with Gasteiger partial charge in [0.25, 0.3) is 23.4 Å². The molecule has 0 atom stereocenters. The monoisotopic (exact) mass is 477 g/mol. The molecule has 8 nitrogen and oxygen atoms in total. The van der Waals surface area contributed by atoms with Crippen LogP contribution in [0.1, 0.15) is 43.9 Å². The van der Waals surface area contributed by atoms with Gasteiger partial charge in [-0.3, -0.25) is 29.4 Å². The molecule has 0 fully saturated rings. The second-order valence-electron chi connectivity index (χ2n) is 7.72. The second kappa shape index (κ2) is 9.84. The summed E-state index contributed by atoms with van der Waals surface area (Å²) >= 11 is 5.98. The molecule has 34 heavy (non-hydrogen) atoms. The highest BCUT2D eigenvalue weighted by molar-refractivity contribution is 6.30. The largest absolute Gasteiger partial charge is 0.308 e. The molecule has 0 N–H and O–H groups in total. The van der Waals surface area contributed by atoms with Crippen LogP contribution in [0.25, 0.3) is 0 Å². The van der Waals surface area contributed by atoms with Crippen LogP contribution in [0.15, 0.2) is 72.8 Å². The Bertz CT molecular complexity index is 1240. The molecule has 0 aliphatic carbocycles. The highest BCUT2D eigenvalue weighted by Gasteiger charge is 2.34. The van der Waals surface area contributed by atoms with Crippen molar-refractivity contribution >= 4 is 40.7 Å². The summed E-state index contributed by atoms with van der Waals surface area (Å²) in [5.41, 5.74) is 1.01. The summed E-state index contributed by atoms with van der Waals surface area (Å²) in [7, 11) is 0. The van der Waals surface area contributed by atoms with Gasteiger partial charge >= 0.3 is 0 Å². The number of nitro groups is 1. The number of rotatable bonds is 8. The molecule has 172 valence electrons. The minimum atomic E-state index is -0.588. The first-order valence-electron chi connectivity index (χ1n) is 10.6. The van der Waals surface area contributed by atoms with Crippen molar-refractivity contribution < 1.29 is 19.3 Å². The summed E-state index contributed by atoms with van der Waals surface area (Å²) in [4.78, 5) is 51.9. The first-order valence-corrected chi connectivity index (χ1v) is 11.0. The van der Waals surface area contributed by atoms with E-state index in [0.29, 0.717) is 34.7 Å². The van der Waals surface area contributed by atoms with Gasteiger partial charge in [0.15, 0.2) is 0 Å². The van der Waals surface area contributed by atoms with Crippen molar-refractivity contribution in [3.63, 3.8) is 0 Å². The predicted molar refractivity (Wildman–Crippen MR) is 127 cm³/mol. The number of unbranched alkanes of at least 4 members (excludes halogenated alkanes) is 1. The highest BCUT2D eigenvalue weighted by atomic mass is 35.5. The third kappa shape index (κ3) is 4.53. The fourth-order valence-corrected chi connectivity index (χ4v) is 4.04. The molecule has 0 spiro atoms. The molecule has 0 saturated carbocycles. The number of nitrogens with zero attached hydrogens (tertiary/aromatic N) is 3. The Morgan fingerprint density at radius 1 is 0.882 bits per heavy atom. The number of anilines is 1. The number of hydrogen-bond acceptors (Lipinski definition) is 5. The number of halogens is 1. The smallest absolute Gasteiger partial charge is 0.282 e. The number of fused-ring (bicyclic) bond motifs is 1. The van der Waals surface area contributed by atoms with Crippen LogP contribution in [-0.4, -0.2) is 40.6 Å². The van der Waals surface area contributed by atoms with E-state index in [1.54, 1.807) is 54.6 Å². The Balaban J connectivity index is 1.49. The van der Waals surface area contributed by atoms with Crippen molar-refractivity contribution in [2.24, 2.45) is 0 Å². The van der Waals surface area contributed by atoms with Crippen molar-refractivity contribution in [2.75, 3.05) is 18.0 Å². The molecule has 9 heteroatoms. The van der Waals surface area contributed by atoms with Gasteiger partial charge in [0, 0.05) is 29.9 Å². The molecule has 3 aromatic rings. The van der Waals surface area contributed by atoms with E-state index >= 15 is 0 Å². The van der Waals surface area contributed by atoms with Crippen LogP contribution in [0.2, 0.25) is 5.02 Å². The molecule has 1 aliphatic rings. The Hall–Kier alpha value is -4.04. The molecule has 4 rings (SSSR count). The molecule has 0 saturated heterocycles. The molecular formula is C25H20ClN3O5. The molecule has 0 bridgehead atoms. The zero-order valence-corrected chi connectivity index (χ0v) is 18.8. The number of hydrogen-bond donors (Lipinski definition) is 0. The predicted octanol–water partition coefficient (Wildman–Crippen LogP) is 4.97. The second-order valence-corrected chi connectivity index (χ2v) is 8.16. The Kier molecular flexibility index (Phi) is 6.70. The third-order valence-corrected chi connectivity index (χ3v) is 5.86. The van der Waals surface area contributed by atoms with E-state index in [-0.39, 0.29) is 36.2 Å². The van der Waals surface area contributed by atoms with E-state index < -0.39 is 10.8 Å². The van der Waals surface area contributed by atoms with Crippen molar-refractivity contribution in [2.45, 2.75) is 12.8 Å². The summed E-state index contributed by atoms with van der Waals surface area (Å²) in [6.07, 6.45) is 0.919. The average Bonchev–Trinajstić information content (AvgIpc) is 3.09. The van der Waals surface area contributed by atoms with Crippen LogP contribution in [0.3, 0.4) is 0 Å². The quantitative estimate of drug-likeness (QED) is 0.197. The van der Waals surface area contributed by atoms with Crippen molar-refractivity contribution in [3.8, 4) is 0 Å². The molecule has 0 aromatic heterocycles. The van der Waals surface area contributed by atoms with Crippen molar-refractivity contribution in [3.05, 3.63) is 105 Å². The van der Waals surface area contributed by atoms with Gasteiger partial charge in [0.05, 0.1) is 16.1 Å². The van der Waals surface area contributed by atoms with E-state index in [4.69, 9.17) is 11.6 Å².